The van der Waals surface area contributed by atoms with Crippen LogP contribution in [0.1, 0.15) is 36.5 Å². The monoisotopic (exact) mass is 360 g/mol. The second-order valence-electron chi connectivity index (χ2n) is 6.02. The van der Waals surface area contributed by atoms with Crippen molar-refractivity contribution in [2.75, 3.05) is 39.3 Å². The van der Waals surface area contributed by atoms with Crippen LogP contribution in [-0.4, -0.2) is 66.9 Å². The number of hydrogen-bond acceptors (Lipinski definition) is 4. The fourth-order valence-electron chi connectivity index (χ4n) is 2.69. The van der Waals surface area contributed by atoms with Crippen molar-refractivity contribution in [2.24, 2.45) is 4.99 Å². The van der Waals surface area contributed by atoms with Crippen LogP contribution in [0.5, 0.6) is 0 Å². The minimum absolute atomic E-state index is 0.142. The van der Waals surface area contributed by atoms with Gasteiger partial charge in [-0.15, -0.1) is 0 Å². The molecule has 8 nitrogen and oxygen atoms in total. The van der Waals surface area contributed by atoms with Crippen molar-refractivity contribution in [3.63, 3.8) is 0 Å². The van der Waals surface area contributed by atoms with Gasteiger partial charge in [0.15, 0.2) is 5.96 Å². The van der Waals surface area contributed by atoms with E-state index in [2.05, 4.69) is 25.9 Å². The van der Waals surface area contributed by atoms with Gasteiger partial charge in [-0.1, -0.05) is 0 Å². The number of nitrogens with one attached hydrogen (secondary N) is 3. The highest BCUT2D eigenvalue weighted by Gasteiger charge is 2.18. The molecule has 0 radical (unpaired) electrons. The van der Waals surface area contributed by atoms with Crippen LogP contribution in [0.4, 0.5) is 0 Å². The highest BCUT2D eigenvalue weighted by atomic mass is 16.2. The highest BCUT2D eigenvalue weighted by Crippen LogP contribution is 2.09. The Morgan fingerprint density at radius 2 is 2.15 bits per heavy atom. The highest BCUT2D eigenvalue weighted by molar-refractivity contribution is 5.93. The van der Waals surface area contributed by atoms with E-state index in [0.29, 0.717) is 31.6 Å². The molecule has 26 heavy (non-hydrogen) atoms. The first-order valence-corrected chi connectivity index (χ1v) is 9.19. The Balaban J connectivity index is 1.65. The lowest BCUT2D eigenvalue weighted by atomic mass is 10.3. The molecule has 2 rings (SSSR count). The van der Waals surface area contributed by atoms with Gasteiger partial charge in [-0.25, -0.2) is 0 Å². The average Bonchev–Trinajstić information content (AvgIpc) is 3.07. The van der Waals surface area contributed by atoms with Gasteiger partial charge in [0.25, 0.3) is 5.91 Å². The second-order valence-corrected chi connectivity index (χ2v) is 6.02. The Kier molecular flexibility index (Phi) is 8.38. The minimum Gasteiger partial charge on any atom is -0.357 e. The van der Waals surface area contributed by atoms with E-state index in [1.54, 1.807) is 24.5 Å². The van der Waals surface area contributed by atoms with Crippen LogP contribution in [0.15, 0.2) is 29.5 Å². The number of carbonyl (C=O) groups excluding carboxylic acids is 2. The quantitative estimate of drug-likeness (QED) is 0.336. The van der Waals surface area contributed by atoms with Gasteiger partial charge >= 0.3 is 0 Å². The maximum Gasteiger partial charge on any atom is 0.252 e. The summed E-state index contributed by atoms with van der Waals surface area (Å²) in [6, 6.07) is 3.46. The van der Waals surface area contributed by atoms with Crippen molar-refractivity contribution in [1.29, 1.82) is 0 Å². The largest absolute Gasteiger partial charge is 0.357 e. The van der Waals surface area contributed by atoms with E-state index in [4.69, 9.17) is 0 Å². The summed E-state index contributed by atoms with van der Waals surface area (Å²) in [5, 5.41) is 9.21. The second kappa shape index (κ2) is 11.1. The van der Waals surface area contributed by atoms with Crippen LogP contribution in [0, 0.1) is 0 Å². The molecule has 1 saturated heterocycles. The predicted octanol–water partition coefficient (Wildman–Crippen LogP) is 0.379. The molecule has 1 fully saturated rings. The zero-order valence-electron chi connectivity index (χ0n) is 15.3. The van der Waals surface area contributed by atoms with Gasteiger partial charge in [0.2, 0.25) is 5.91 Å². The van der Waals surface area contributed by atoms with Crippen molar-refractivity contribution in [3.8, 4) is 0 Å². The molecule has 1 aromatic heterocycles. The van der Waals surface area contributed by atoms with Crippen molar-refractivity contribution in [1.82, 2.24) is 25.8 Å². The van der Waals surface area contributed by atoms with Crippen LogP contribution >= 0.6 is 0 Å². The van der Waals surface area contributed by atoms with Crippen molar-refractivity contribution in [3.05, 3.63) is 30.1 Å². The lowest BCUT2D eigenvalue weighted by Gasteiger charge is -2.15. The van der Waals surface area contributed by atoms with Crippen LogP contribution in [0.3, 0.4) is 0 Å². The third-order valence-corrected chi connectivity index (χ3v) is 4.00. The van der Waals surface area contributed by atoms with Gasteiger partial charge in [0.05, 0.1) is 5.56 Å². The van der Waals surface area contributed by atoms with Gasteiger partial charge in [-0.3, -0.25) is 19.6 Å². The average molecular weight is 360 g/mol. The van der Waals surface area contributed by atoms with Gasteiger partial charge in [0.1, 0.15) is 0 Å². The molecule has 2 amide bonds. The molecule has 0 aromatic carbocycles. The van der Waals surface area contributed by atoms with E-state index < -0.39 is 0 Å². The van der Waals surface area contributed by atoms with Gasteiger partial charge in [-0.05, 0) is 31.9 Å². The molecular weight excluding hydrogens is 332 g/mol. The molecular formula is C18H28N6O2. The molecule has 8 heteroatoms. The number of likely N-dealkylation sites (tertiary alicyclic amines) is 1. The maximum absolute atomic E-state index is 11.9. The number of hydrogen-bond donors (Lipinski definition) is 3. The molecule has 2 heterocycles. The predicted molar refractivity (Wildman–Crippen MR) is 101 cm³/mol. The summed E-state index contributed by atoms with van der Waals surface area (Å²) >= 11 is 0. The third kappa shape index (κ3) is 6.70. The normalized spacial score (nSPS) is 14.4. The molecule has 0 saturated carbocycles. The number of aromatic nitrogens is 1. The molecule has 0 atom stereocenters. The molecule has 1 aromatic rings. The van der Waals surface area contributed by atoms with Gasteiger partial charge < -0.3 is 20.9 Å². The van der Waals surface area contributed by atoms with E-state index in [9.17, 15) is 9.59 Å². The van der Waals surface area contributed by atoms with E-state index in [1.165, 1.54) is 0 Å². The van der Waals surface area contributed by atoms with Crippen LogP contribution in [0.2, 0.25) is 0 Å². The topological polar surface area (TPSA) is 98.7 Å². The van der Waals surface area contributed by atoms with Crippen LogP contribution in [-0.2, 0) is 4.79 Å². The van der Waals surface area contributed by atoms with E-state index in [-0.39, 0.29) is 11.8 Å². The molecule has 142 valence electrons. The van der Waals surface area contributed by atoms with Crippen LogP contribution in [0.25, 0.3) is 0 Å². The smallest absolute Gasteiger partial charge is 0.252 e. The number of guanidine groups is 1. The number of aliphatic imine (C=N–C) groups is 1. The summed E-state index contributed by atoms with van der Waals surface area (Å²) in [4.78, 5) is 33.8. The summed E-state index contributed by atoms with van der Waals surface area (Å²) < 4.78 is 0. The lowest BCUT2D eigenvalue weighted by Crippen LogP contribution is -2.41. The maximum atomic E-state index is 11.9. The Bertz CT molecular complexity index is 605. The van der Waals surface area contributed by atoms with E-state index >= 15 is 0 Å². The molecule has 0 unspecified atom stereocenters. The fourth-order valence-corrected chi connectivity index (χ4v) is 2.69. The molecule has 0 spiro atoms. The van der Waals surface area contributed by atoms with Crippen molar-refractivity contribution < 1.29 is 9.59 Å². The summed E-state index contributed by atoms with van der Waals surface area (Å²) in [5.41, 5.74) is 0.546. The minimum atomic E-state index is -0.142. The first-order valence-electron chi connectivity index (χ1n) is 9.19. The summed E-state index contributed by atoms with van der Waals surface area (Å²) in [6.07, 6.45) is 5.67. The Morgan fingerprint density at radius 3 is 2.85 bits per heavy atom. The first kappa shape index (κ1) is 19.7. The van der Waals surface area contributed by atoms with E-state index in [1.807, 2.05) is 11.8 Å². The van der Waals surface area contributed by atoms with E-state index in [0.717, 1.165) is 38.4 Å². The molecule has 1 aliphatic heterocycles. The van der Waals surface area contributed by atoms with Crippen molar-refractivity contribution in [2.45, 2.75) is 26.2 Å². The summed E-state index contributed by atoms with van der Waals surface area (Å²) in [5.74, 6) is 0.830. The number of rotatable bonds is 9. The lowest BCUT2D eigenvalue weighted by molar-refractivity contribution is -0.127. The van der Waals surface area contributed by atoms with Crippen LogP contribution < -0.4 is 16.0 Å². The number of carbonyl (C=O) groups is 2. The number of pyridine rings is 1. The molecule has 1 aliphatic rings. The fraction of sp³-hybridized carbons (Fsp3) is 0.556. The van der Waals surface area contributed by atoms with Gasteiger partial charge in [-0.2, -0.15) is 0 Å². The molecule has 0 bridgehead atoms. The third-order valence-electron chi connectivity index (χ3n) is 4.00. The summed E-state index contributed by atoms with van der Waals surface area (Å²) in [7, 11) is 0. The standard InChI is InChI=1S/C18H28N6O2/c1-2-20-18(22-9-5-13-24-12-4-7-16(24)25)23-11-10-21-17(26)15-6-3-8-19-14-15/h3,6,8,14H,2,4-5,7,9-13H2,1H3,(H,21,26)(H2,20,22,23). The number of nitrogens with zero attached hydrogens (tertiary/aromatic N) is 3. The first-order chi connectivity index (χ1) is 12.7. The van der Waals surface area contributed by atoms with Crippen molar-refractivity contribution >= 4 is 17.8 Å². The zero-order chi connectivity index (χ0) is 18.6. The SMILES string of the molecule is CCNC(=NCCCN1CCCC1=O)NCCNC(=O)c1cccnc1. The molecule has 0 aliphatic carbocycles. The Labute approximate surface area is 154 Å². The Hall–Kier alpha value is -2.64. The Morgan fingerprint density at radius 1 is 1.31 bits per heavy atom. The zero-order valence-corrected chi connectivity index (χ0v) is 15.3. The molecule has 3 N–H and O–H groups in total. The number of amides is 2. The summed E-state index contributed by atoms with van der Waals surface area (Å²) in [6.45, 7) is 6.12. The van der Waals surface area contributed by atoms with Gasteiger partial charge in [0, 0.05) is 58.1 Å².